The summed E-state index contributed by atoms with van der Waals surface area (Å²) in [6.45, 7) is 6.00. The van der Waals surface area contributed by atoms with Gasteiger partial charge in [-0.2, -0.15) is 0 Å². The predicted molar refractivity (Wildman–Crippen MR) is 127 cm³/mol. The molecular formula is C21H37IN4O2. The highest BCUT2D eigenvalue weighted by Gasteiger charge is 2.22. The molecule has 1 fully saturated rings. The third-order valence-corrected chi connectivity index (χ3v) is 4.61. The Kier molecular flexibility index (Phi) is 12.5. The van der Waals surface area contributed by atoms with Gasteiger partial charge in [-0.25, -0.2) is 0 Å². The highest BCUT2D eigenvalue weighted by Crippen LogP contribution is 2.30. The Balaban J connectivity index is 0.00000392. The van der Waals surface area contributed by atoms with Crippen molar-refractivity contribution in [2.45, 2.75) is 38.8 Å². The monoisotopic (exact) mass is 504 g/mol. The minimum Gasteiger partial charge on any atom is -0.493 e. The van der Waals surface area contributed by atoms with Gasteiger partial charge in [-0.05, 0) is 52.3 Å². The van der Waals surface area contributed by atoms with Crippen LogP contribution in [0.4, 0.5) is 0 Å². The number of rotatable bonds is 12. The first-order chi connectivity index (χ1) is 13.1. The first-order valence-corrected chi connectivity index (χ1v) is 10.0. The fraction of sp³-hybridized carbons (Fsp3) is 0.667. The van der Waals surface area contributed by atoms with Crippen LogP contribution in [0.15, 0.2) is 29.3 Å². The van der Waals surface area contributed by atoms with Crippen LogP contribution in [0.1, 0.15) is 31.7 Å². The quantitative estimate of drug-likeness (QED) is 0.260. The third-order valence-electron chi connectivity index (χ3n) is 4.61. The van der Waals surface area contributed by atoms with E-state index >= 15 is 0 Å². The molecule has 1 aromatic rings. The molecule has 0 aromatic heterocycles. The first-order valence-electron chi connectivity index (χ1n) is 10.0. The summed E-state index contributed by atoms with van der Waals surface area (Å²) in [5.41, 5.74) is 1.15. The molecule has 1 atom stereocenters. The van der Waals surface area contributed by atoms with Gasteiger partial charge in [0, 0.05) is 38.9 Å². The second-order valence-electron chi connectivity index (χ2n) is 7.34. The Morgan fingerprint density at radius 1 is 1.25 bits per heavy atom. The molecule has 0 amide bonds. The summed E-state index contributed by atoms with van der Waals surface area (Å²) >= 11 is 0. The molecule has 1 aromatic carbocycles. The number of guanidine groups is 1. The van der Waals surface area contributed by atoms with Gasteiger partial charge in [-0.3, -0.25) is 4.99 Å². The zero-order valence-electron chi connectivity index (χ0n) is 17.7. The summed E-state index contributed by atoms with van der Waals surface area (Å²) < 4.78 is 11.8. The average Bonchev–Trinajstić information content (AvgIpc) is 3.49. The smallest absolute Gasteiger partial charge is 0.191 e. The normalized spacial score (nSPS) is 15.1. The van der Waals surface area contributed by atoms with Crippen LogP contribution in [-0.4, -0.2) is 64.4 Å². The minimum atomic E-state index is 0. The fourth-order valence-corrected chi connectivity index (χ4v) is 2.78. The molecule has 160 valence electrons. The van der Waals surface area contributed by atoms with Crippen LogP contribution in [0.2, 0.25) is 0 Å². The number of benzene rings is 1. The lowest BCUT2D eigenvalue weighted by Crippen LogP contribution is -2.42. The van der Waals surface area contributed by atoms with Gasteiger partial charge in [0.2, 0.25) is 0 Å². The molecule has 0 bridgehead atoms. The second kappa shape index (κ2) is 14.0. The van der Waals surface area contributed by atoms with Crippen LogP contribution in [0.25, 0.3) is 0 Å². The third kappa shape index (κ3) is 9.93. The van der Waals surface area contributed by atoms with Crippen molar-refractivity contribution < 1.29 is 9.47 Å². The molecule has 7 heteroatoms. The Hall–Kier alpha value is -1.06. The Labute approximate surface area is 187 Å². The summed E-state index contributed by atoms with van der Waals surface area (Å²) in [5.74, 6) is 2.49. The number of para-hydroxylation sites is 1. The Morgan fingerprint density at radius 3 is 2.64 bits per heavy atom. The highest BCUT2D eigenvalue weighted by molar-refractivity contribution is 14.0. The summed E-state index contributed by atoms with van der Waals surface area (Å²) in [7, 11) is 5.96. The largest absolute Gasteiger partial charge is 0.493 e. The molecule has 6 nitrogen and oxygen atoms in total. The van der Waals surface area contributed by atoms with Crippen molar-refractivity contribution in [1.29, 1.82) is 0 Å². The number of nitrogens with one attached hydrogen (secondary N) is 2. The lowest BCUT2D eigenvalue weighted by Gasteiger charge is -2.21. The number of hydrogen-bond acceptors (Lipinski definition) is 4. The van der Waals surface area contributed by atoms with Gasteiger partial charge in [-0.1, -0.05) is 18.2 Å². The van der Waals surface area contributed by atoms with Gasteiger partial charge >= 0.3 is 0 Å². The van der Waals surface area contributed by atoms with E-state index in [1.165, 1.54) is 12.8 Å². The van der Waals surface area contributed by atoms with Crippen molar-refractivity contribution in [1.82, 2.24) is 15.5 Å². The molecule has 0 radical (unpaired) electrons. The fourth-order valence-electron chi connectivity index (χ4n) is 2.78. The van der Waals surface area contributed by atoms with E-state index in [1.807, 2.05) is 25.1 Å². The predicted octanol–water partition coefficient (Wildman–Crippen LogP) is 3.12. The summed E-state index contributed by atoms with van der Waals surface area (Å²) in [4.78, 5) is 6.51. The molecule has 1 saturated carbocycles. The number of aliphatic imine (C=N–C) groups is 1. The van der Waals surface area contributed by atoms with Crippen molar-refractivity contribution in [2.75, 3.05) is 47.4 Å². The van der Waals surface area contributed by atoms with Crippen molar-refractivity contribution >= 4 is 29.9 Å². The van der Waals surface area contributed by atoms with Crippen molar-refractivity contribution in [2.24, 2.45) is 10.9 Å². The number of halogens is 1. The molecule has 0 saturated heterocycles. The first kappa shape index (κ1) is 25.0. The zero-order chi connectivity index (χ0) is 19.5. The zero-order valence-corrected chi connectivity index (χ0v) is 20.1. The topological polar surface area (TPSA) is 58.1 Å². The van der Waals surface area contributed by atoms with E-state index in [0.717, 1.165) is 55.9 Å². The van der Waals surface area contributed by atoms with Crippen LogP contribution in [0.5, 0.6) is 5.75 Å². The Bertz CT molecular complexity index is 579. The molecule has 2 N–H and O–H groups in total. The molecule has 1 aliphatic rings. The number of ether oxygens (including phenoxy) is 2. The average molecular weight is 504 g/mol. The molecule has 0 heterocycles. The van der Waals surface area contributed by atoms with Crippen LogP contribution in [-0.2, 0) is 11.3 Å². The van der Waals surface area contributed by atoms with Crippen LogP contribution < -0.4 is 15.4 Å². The summed E-state index contributed by atoms with van der Waals surface area (Å²) in [6.07, 6.45) is 3.76. The molecule has 2 rings (SSSR count). The summed E-state index contributed by atoms with van der Waals surface area (Å²) in [6, 6.07) is 8.21. The molecule has 0 spiro atoms. The van der Waals surface area contributed by atoms with Gasteiger partial charge in [0.25, 0.3) is 0 Å². The maximum absolute atomic E-state index is 5.99. The van der Waals surface area contributed by atoms with Crippen LogP contribution in [0.3, 0.4) is 0 Å². The molecule has 28 heavy (non-hydrogen) atoms. The number of hydrogen-bond donors (Lipinski definition) is 2. The lowest BCUT2D eigenvalue weighted by molar-refractivity contribution is 0.0548. The Morgan fingerprint density at radius 2 is 2.00 bits per heavy atom. The highest BCUT2D eigenvalue weighted by atomic mass is 127. The lowest BCUT2D eigenvalue weighted by atomic mass is 10.2. The minimum absolute atomic E-state index is 0. The molecule has 1 aliphatic carbocycles. The van der Waals surface area contributed by atoms with E-state index in [1.54, 1.807) is 7.05 Å². The van der Waals surface area contributed by atoms with Crippen LogP contribution in [0, 0.1) is 5.92 Å². The molecule has 1 unspecified atom stereocenters. The summed E-state index contributed by atoms with van der Waals surface area (Å²) in [5, 5.41) is 6.77. The standard InChI is InChI=1S/C21H36N4O2.HI/c1-5-26-19(12-13-25(3)4)15-24-21(22-2)23-14-18-8-6-7-9-20(18)27-16-17-10-11-17;/h6-9,17,19H,5,10-16H2,1-4H3,(H2,22,23,24);1H. The van der Waals surface area contributed by atoms with E-state index in [-0.39, 0.29) is 30.1 Å². The van der Waals surface area contributed by atoms with E-state index in [0.29, 0.717) is 6.54 Å². The van der Waals surface area contributed by atoms with E-state index in [4.69, 9.17) is 9.47 Å². The van der Waals surface area contributed by atoms with Crippen molar-refractivity contribution in [3.8, 4) is 5.75 Å². The van der Waals surface area contributed by atoms with Crippen LogP contribution >= 0.6 is 24.0 Å². The van der Waals surface area contributed by atoms with Gasteiger partial charge in [0.15, 0.2) is 5.96 Å². The second-order valence-corrected chi connectivity index (χ2v) is 7.34. The van der Waals surface area contributed by atoms with Gasteiger partial charge in [0.1, 0.15) is 5.75 Å². The van der Waals surface area contributed by atoms with E-state index in [2.05, 4.69) is 40.7 Å². The maximum Gasteiger partial charge on any atom is 0.191 e. The maximum atomic E-state index is 5.99. The van der Waals surface area contributed by atoms with E-state index in [9.17, 15) is 0 Å². The van der Waals surface area contributed by atoms with Crippen molar-refractivity contribution in [3.63, 3.8) is 0 Å². The van der Waals surface area contributed by atoms with E-state index < -0.39 is 0 Å². The SMILES string of the molecule is CCOC(CCN(C)C)CNC(=NC)NCc1ccccc1OCC1CC1.I. The molecule has 0 aliphatic heterocycles. The van der Waals surface area contributed by atoms with Gasteiger partial charge in [-0.15, -0.1) is 24.0 Å². The van der Waals surface area contributed by atoms with Gasteiger partial charge in [0.05, 0.1) is 12.7 Å². The number of nitrogens with zero attached hydrogens (tertiary/aromatic N) is 2. The van der Waals surface area contributed by atoms with Crippen molar-refractivity contribution in [3.05, 3.63) is 29.8 Å². The van der Waals surface area contributed by atoms with Gasteiger partial charge < -0.3 is 25.0 Å². The molecular weight excluding hydrogens is 467 g/mol.